The van der Waals surface area contributed by atoms with Gasteiger partial charge in [-0.2, -0.15) is 0 Å². The summed E-state index contributed by atoms with van der Waals surface area (Å²) in [6.45, 7) is 0.918. The van der Waals surface area contributed by atoms with Crippen molar-refractivity contribution in [3.05, 3.63) is 0 Å². The van der Waals surface area contributed by atoms with E-state index in [4.69, 9.17) is 5.11 Å². The molecule has 2 atom stereocenters. The molecule has 0 heterocycles. The normalized spacial score (nSPS) is 32.9. The highest BCUT2D eigenvalue weighted by molar-refractivity contribution is 5.73. The average molecular weight is 197 g/mol. The van der Waals surface area contributed by atoms with Gasteiger partial charge in [0.2, 0.25) is 0 Å². The van der Waals surface area contributed by atoms with Crippen molar-refractivity contribution in [1.82, 2.24) is 5.32 Å². The van der Waals surface area contributed by atoms with E-state index < -0.39 is 5.97 Å². The Morgan fingerprint density at radius 3 is 2.57 bits per heavy atom. The van der Waals surface area contributed by atoms with Gasteiger partial charge in [-0.05, 0) is 31.7 Å². The monoisotopic (exact) mass is 197 g/mol. The largest absolute Gasteiger partial charge is 0.481 e. The van der Waals surface area contributed by atoms with Crippen molar-refractivity contribution < 1.29 is 9.90 Å². The van der Waals surface area contributed by atoms with Crippen molar-refractivity contribution in [3.8, 4) is 0 Å². The standard InChI is InChI=1S/C11H19NO2/c13-11(14)10-6-8(10)7-12-9-4-2-1-3-5-9/h8-10,12H,1-7H2,(H,13,14). The molecule has 0 amide bonds. The van der Waals surface area contributed by atoms with Gasteiger partial charge in [0.15, 0.2) is 0 Å². The van der Waals surface area contributed by atoms with Crippen LogP contribution in [0.2, 0.25) is 0 Å². The number of hydrogen-bond donors (Lipinski definition) is 2. The van der Waals surface area contributed by atoms with Crippen molar-refractivity contribution in [1.29, 1.82) is 0 Å². The van der Waals surface area contributed by atoms with E-state index in [9.17, 15) is 4.79 Å². The summed E-state index contributed by atoms with van der Waals surface area (Å²) in [6.07, 6.45) is 7.50. The third-order valence-electron chi connectivity index (χ3n) is 3.51. The molecule has 2 fully saturated rings. The molecule has 3 nitrogen and oxygen atoms in total. The van der Waals surface area contributed by atoms with Crippen LogP contribution in [0.4, 0.5) is 0 Å². The number of carboxylic acid groups (broad SMARTS) is 1. The van der Waals surface area contributed by atoms with Crippen LogP contribution in [0.1, 0.15) is 38.5 Å². The van der Waals surface area contributed by atoms with Crippen LogP contribution in [0.25, 0.3) is 0 Å². The summed E-state index contributed by atoms with van der Waals surface area (Å²) in [6, 6.07) is 0.666. The Balaban J connectivity index is 1.61. The number of carboxylic acids is 1. The molecule has 2 saturated carbocycles. The van der Waals surface area contributed by atoms with Crippen LogP contribution in [0.5, 0.6) is 0 Å². The van der Waals surface area contributed by atoms with E-state index in [0.29, 0.717) is 12.0 Å². The van der Waals surface area contributed by atoms with Gasteiger partial charge < -0.3 is 10.4 Å². The molecule has 3 heteroatoms. The number of carbonyl (C=O) groups is 1. The van der Waals surface area contributed by atoms with E-state index in [-0.39, 0.29) is 5.92 Å². The molecule has 0 aromatic rings. The fraction of sp³-hybridized carbons (Fsp3) is 0.909. The number of nitrogens with one attached hydrogen (secondary N) is 1. The zero-order valence-electron chi connectivity index (χ0n) is 8.54. The maximum Gasteiger partial charge on any atom is 0.306 e. The Hall–Kier alpha value is -0.570. The van der Waals surface area contributed by atoms with Gasteiger partial charge in [-0.25, -0.2) is 0 Å². The van der Waals surface area contributed by atoms with Crippen molar-refractivity contribution >= 4 is 5.97 Å². The van der Waals surface area contributed by atoms with Crippen molar-refractivity contribution in [2.45, 2.75) is 44.6 Å². The molecular formula is C11H19NO2. The van der Waals surface area contributed by atoms with Gasteiger partial charge in [0, 0.05) is 6.04 Å². The van der Waals surface area contributed by atoms with Crippen LogP contribution >= 0.6 is 0 Å². The lowest BCUT2D eigenvalue weighted by Crippen LogP contribution is -2.33. The molecule has 0 aromatic carbocycles. The van der Waals surface area contributed by atoms with Gasteiger partial charge in [0.05, 0.1) is 5.92 Å². The minimum Gasteiger partial charge on any atom is -0.481 e. The zero-order valence-corrected chi connectivity index (χ0v) is 8.54. The molecule has 0 spiro atoms. The summed E-state index contributed by atoms with van der Waals surface area (Å²) in [4.78, 5) is 10.6. The van der Waals surface area contributed by atoms with E-state index in [1.54, 1.807) is 0 Å². The van der Waals surface area contributed by atoms with Gasteiger partial charge in [0.1, 0.15) is 0 Å². The molecular weight excluding hydrogens is 178 g/mol. The Morgan fingerprint density at radius 1 is 1.29 bits per heavy atom. The molecule has 2 N–H and O–H groups in total. The smallest absolute Gasteiger partial charge is 0.306 e. The molecule has 2 unspecified atom stereocenters. The van der Waals surface area contributed by atoms with E-state index in [1.807, 2.05) is 0 Å². The van der Waals surface area contributed by atoms with Crippen molar-refractivity contribution in [2.75, 3.05) is 6.54 Å². The maximum atomic E-state index is 10.6. The lowest BCUT2D eigenvalue weighted by atomic mass is 9.95. The molecule has 0 radical (unpaired) electrons. The van der Waals surface area contributed by atoms with Gasteiger partial charge in [0.25, 0.3) is 0 Å². The molecule has 2 aliphatic rings. The van der Waals surface area contributed by atoms with Crippen LogP contribution in [0.3, 0.4) is 0 Å². The van der Waals surface area contributed by atoms with Gasteiger partial charge in [-0.15, -0.1) is 0 Å². The lowest BCUT2D eigenvalue weighted by molar-refractivity contribution is -0.138. The molecule has 0 bridgehead atoms. The zero-order chi connectivity index (χ0) is 9.97. The second-order valence-corrected chi connectivity index (χ2v) is 4.68. The van der Waals surface area contributed by atoms with E-state index in [1.165, 1.54) is 32.1 Å². The molecule has 80 valence electrons. The Labute approximate surface area is 84.9 Å². The van der Waals surface area contributed by atoms with Crippen LogP contribution in [-0.2, 0) is 4.79 Å². The topological polar surface area (TPSA) is 49.3 Å². The van der Waals surface area contributed by atoms with Gasteiger partial charge >= 0.3 is 5.97 Å². The van der Waals surface area contributed by atoms with Crippen LogP contribution in [-0.4, -0.2) is 23.7 Å². The minimum absolute atomic E-state index is 0.0499. The lowest BCUT2D eigenvalue weighted by Gasteiger charge is -2.22. The van der Waals surface area contributed by atoms with E-state index in [2.05, 4.69) is 5.32 Å². The third-order valence-corrected chi connectivity index (χ3v) is 3.51. The maximum absolute atomic E-state index is 10.6. The molecule has 0 aliphatic heterocycles. The molecule has 14 heavy (non-hydrogen) atoms. The number of rotatable bonds is 4. The first-order chi connectivity index (χ1) is 6.77. The quantitative estimate of drug-likeness (QED) is 0.720. The molecule has 0 aromatic heterocycles. The Kier molecular flexibility index (Phi) is 3.06. The second-order valence-electron chi connectivity index (χ2n) is 4.68. The van der Waals surface area contributed by atoms with Crippen LogP contribution in [0.15, 0.2) is 0 Å². The number of hydrogen-bond acceptors (Lipinski definition) is 2. The predicted octanol–water partition coefficient (Wildman–Crippen LogP) is 1.63. The highest BCUT2D eigenvalue weighted by atomic mass is 16.4. The summed E-state index contributed by atoms with van der Waals surface area (Å²) in [5.74, 6) is -0.249. The fourth-order valence-electron chi connectivity index (χ4n) is 2.40. The highest BCUT2D eigenvalue weighted by Gasteiger charge is 2.42. The first-order valence-electron chi connectivity index (χ1n) is 5.73. The summed E-state index contributed by atoms with van der Waals surface area (Å²) >= 11 is 0. The molecule has 0 saturated heterocycles. The van der Waals surface area contributed by atoms with Gasteiger partial charge in [-0.3, -0.25) is 4.79 Å². The molecule has 2 rings (SSSR count). The third kappa shape index (κ3) is 2.47. The fourth-order valence-corrected chi connectivity index (χ4v) is 2.40. The first kappa shape index (κ1) is 9.97. The highest BCUT2D eigenvalue weighted by Crippen LogP contribution is 2.38. The Morgan fingerprint density at radius 2 is 2.00 bits per heavy atom. The van der Waals surface area contributed by atoms with E-state index >= 15 is 0 Å². The van der Waals surface area contributed by atoms with Crippen LogP contribution < -0.4 is 5.32 Å². The van der Waals surface area contributed by atoms with Crippen molar-refractivity contribution in [2.24, 2.45) is 11.8 Å². The van der Waals surface area contributed by atoms with Crippen molar-refractivity contribution in [3.63, 3.8) is 0 Å². The summed E-state index contributed by atoms with van der Waals surface area (Å²) in [5.41, 5.74) is 0. The summed E-state index contributed by atoms with van der Waals surface area (Å²) < 4.78 is 0. The SMILES string of the molecule is O=C(O)C1CC1CNC1CCCCC1. The van der Waals surface area contributed by atoms with Gasteiger partial charge in [-0.1, -0.05) is 19.3 Å². The Bertz CT molecular complexity index is 211. The van der Waals surface area contributed by atoms with E-state index in [0.717, 1.165) is 13.0 Å². The number of aliphatic carboxylic acids is 1. The second kappa shape index (κ2) is 4.30. The summed E-state index contributed by atoms with van der Waals surface area (Å²) in [7, 11) is 0. The molecule has 2 aliphatic carbocycles. The predicted molar refractivity (Wildman–Crippen MR) is 54.1 cm³/mol. The first-order valence-corrected chi connectivity index (χ1v) is 5.73. The van der Waals surface area contributed by atoms with Crippen LogP contribution in [0, 0.1) is 11.8 Å². The average Bonchev–Trinajstić information content (AvgIpc) is 2.96. The minimum atomic E-state index is -0.611. The summed E-state index contributed by atoms with van der Waals surface area (Å²) in [5, 5.41) is 12.2.